The van der Waals surface area contributed by atoms with Gasteiger partial charge < -0.3 is 11.5 Å². The summed E-state index contributed by atoms with van der Waals surface area (Å²) in [5.74, 6) is 0. The zero-order valence-corrected chi connectivity index (χ0v) is 7.69. The van der Waals surface area contributed by atoms with Crippen LogP contribution in [0.3, 0.4) is 0 Å². The van der Waals surface area contributed by atoms with Crippen molar-refractivity contribution in [2.24, 2.45) is 16.9 Å². The first-order chi connectivity index (χ1) is 5.08. The van der Waals surface area contributed by atoms with Gasteiger partial charge in [0.2, 0.25) is 0 Å². The van der Waals surface area contributed by atoms with Gasteiger partial charge in [-0.3, -0.25) is 0 Å². The van der Waals surface area contributed by atoms with Gasteiger partial charge in [0, 0.05) is 5.41 Å². The van der Waals surface area contributed by atoms with Gasteiger partial charge in [0.25, 0.3) is 0 Å². The molecule has 0 atom stereocenters. The summed E-state index contributed by atoms with van der Waals surface area (Å²) in [5.41, 5.74) is 11.9. The summed E-state index contributed by atoms with van der Waals surface area (Å²) < 4.78 is 0. The van der Waals surface area contributed by atoms with Gasteiger partial charge in [0.1, 0.15) is 0 Å². The van der Waals surface area contributed by atoms with Gasteiger partial charge in [0.05, 0.1) is 5.66 Å². The second-order valence-corrected chi connectivity index (χ2v) is 3.88. The molecule has 1 rings (SSSR count). The zero-order chi connectivity index (χ0) is 8.54. The molecule has 0 bridgehead atoms. The normalized spacial score (nSPS) is 27.3. The standard InChI is InChI=1S/C9H20N2/c1-3-8(4-2)6-5-7-9(8,10)11/h3-7,10-11H2,1-2H3. The van der Waals surface area contributed by atoms with Gasteiger partial charge in [-0.25, -0.2) is 0 Å². The molecule has 0 spiro atoms. The predicted molar refractivity (Wildman–Crippen MR) is 48.0 cm³/mol. The van der Waals surface area contributed by atoms with Crippen LogP contribution in [0.15, 0.2) is 0 Å². The van der Waals surface area contributed by atoms with E-state index in [1.165, 1.54) is 12.8 Å². The molecule has 0 unspecified atom stereocenters. The third-order valence-electron chi connectivity index (χ3n) is 3.59. The van der Waals surface area contributed by atoms with E-state index >= 15 is 0 Å². The lowest BCUT2D eigenvalue weighted by atomic mass is 9.74. The van der Waals surface area contributed by atoms with Crippen LogP contribution in [-0.2, 0) is 0 Å². The van der Waals surface area contributed by atoms with Crippen LogP contribution >= 0.6 is 0 Å². The maximum atomic E-state index is 6.06. The molecule has 66 valence electrons. The first kappa shape index (κ1) is 9.01. The van der Waals surface area contributed by atoms with E-state index in [4.69, 9.17) is 11.5 Å². The van der Waals surface area contributed by atoms with Gasteiger partial charge in [-0.15, -0.1) is 0 Å². The maximum Gasteiger partial charge on any atom is 0.0694 e. The minimum absolute atomic E-state index is 0.229. The fourth-order valence-electron chi connectivity index (χ4n) is 2.48. The lowest BCUT2D eigenvalue weighted by molar-refractivity contribution is 0.148. The van der Waals surface area contributed by atoms with Crippen LogP contribution in [0.1, 0.15) is 46.0 Å². The largest absolute Gasteiger partial charge is 0.313 e. The highest BCUT2D eigenvalue weighted by Gasteiger charge is 2.47. The Morgan fingerprint density at radius 1 is 1.09 bits per heavy atom. The summed E-state index contributed by atoms with van der Waals surface area (Å²) in [7, 11) is 0. The van der Waals surface area contributed by atoms with E-state index in [-0.39, 0.29) is 5.41 Å². The molecule has 1 aliphatic rings. The quantitative estimate of drug-likeness (QED) is 0.596. The van der Waals surface area contributed by atoms with Gasteiger partial charge >= 0.3 is 0 Å². The molecule has 0 saturated heterocycles. The van der Waals surface area contributed by atoms with Crippen LogP contribution < -0.4 is 11.5 Å². The summed E-state index contributed by atoms with van der Waals surface area (Å²) in [5, 5.41) is 0. The highest BCUT2D eigenvalue weighted by atomic mass is 15.0. The van der Waals surface area contributed by atoms with Crippen LogP contribution in [-0.4, -0.2) is 5.66 Å². The molecule has 2 nitrogen and oxygen atoms in total. The lowest BCUT2D eigenvalue weighted by Gasteiger charge is -2.39. The van der Waals surface area contributed by atoms with Crippen LogP contribution in [0, 0.1) is 5.41 Å². The van der Waals surface area contributed by atoms with Gasteiger partial charge in [0.15, 0.2) is 0 Å². The van der Waals surface area contributed by atoms with Crippen LogP contribution in [0.4, 0.5) is 0 Å². The molecular weight excluding hydrogens is 136 g/mol. The fraction of sp³-hybridized carbons (Fsp3) is 1.00. The highest BCUT2D eigenvalue weighted by molar-refractivity contribution is 5.01. The Hall–Kier alpha value is -0.0800. The first-order valence-corrected chi connectivity index (χ1v) is 4.66. The second-order valence-electron chi connectivity index (χ2n) is 3.88. The maximum absolute atomic E-state index is 6.06. The Bertz CT molecular complexity index is 136. The van der Waals surface area contributed by atoms with Crippen molar-refractivity contribution in [3.8, 4) is 0 Å². The van der Waals surface area contributed by atoms with Crippen LogP contribution in [0.5, 0.6) is 0 Å². The fourth-order valence-corrected chi connectivity index (χ4v) is 2.48. The van der Waals surface area contributed by atoms with Crippen molar-refractivity contribution < 1.29 is 0 Å². The lowest BCUT2D eigenvalue weighted by Crippen LogP contribution is -2.58. The topological polar surface area (TPSA) is 52.0 Å². The highest BCUT2D eigenvalue weighted by Crippen LogP contribution is 2.46. The van der Waals surface area contributed by atoms with Crippen molar-refractivity contribution in [2.75, 3.05) is 0 Å². The zero-order valence-electron chi connectivity index (χ0n) is 7.69. The van der Waals surface area contributed by atoms with Crippen molar-refractivity contribution in [3.05, 3.63) is 0 Å². The minimum atomic E-state index is -0.392. The molecule has 4 N–H and O–H groups in total. The average molecular weight is 156 g/mol. The van der Waals surface area contributed by atoms with E-state index in [9.17, 15) is 0 Å². The summed E-state index contributed by atoms with van der Waals surface area (Å²) in [4.78, 5) is 0. The summed E-state index contributed by atoms with van der Waals surface area (Å²) in [6, 6.07) is 0. The molecule has 0 aromatic carbocycles. The van der Waals surface area contributed by atoms with E-state index < -0.39 is 5.66 Å². The molecular formula is C9H20N2. The molecule has 1 aliphatic carbocycles. The molecule has 0 amide bonds. The Kier molecular flexibility index (Phi) is 2.26. The van der Waals surface area contributed by atoms with Crippen LogP contribution in [0.2, 0.25) is 0 Å². The van der Waals surface area contributed by atoms with Gasteiger partial charge in [-0.1, -0.05) is 13.8 Å². The van der Waals surface area contributed by atoms with Gasteiger partial charge in [-0.2, -0.15) is 0 Å². The molecule has 11 heavy (non-hydrogen) atoms. The smallest absolute Gasteiger partial charge is 0.0694 e. The monoisotopic (exact) mass is 156 g/mol. The third kappa shape index (κ3) is 1.18. The predicted octanol–water partition coefficient (Wildman–Crippen LogP) is 1.59. The van der Waals surface area contributed by atoms with Crippen molar-refractivity contribution in [1.29, 1.82) is 0 Å². The number of nitrogens with two attached hydrogens (primary N) is 2. The van der Waals surface area contributed by atoms with Crippen molar-refractivity contribution in [1.82, 2.24) is 0 Å². The third-order valence-corrected chi connectivity index (χ3v) is 3.59. The summed E-state index contributed by atoms with van der Waals surface area (Å²) in [6.07, 6.45) is 5.66. The van der Waals surface area contributed by atoms with Gasteiger partial charge in [-0.05, 0) is 32.1 Å². The summed E-state index contributed by atoms with van der Waals surface area (Å²) >= 11 is 0. The minimum Gasteiger partial charge on any atom is -0.313 e. The van der Waals surface area contributed by atoms with Crippen molar-refractivity contribution >= 4 is 0 Å². The van der Waals surface area contributed by atoms with E-state index in [0.29, 0.717) is 0 Å². The molecule has 0 radical (unpaired) electrons. The molecule has 1 saturated carbocycles. The molecule has 0 aromatic rings. The Labute approximate surface area is 69.3 Å². The Morgan fingerprint density at radius 2 is 1.64 bits per heavy atom. The van der Waals surface area contributed by atoms with E-state index in [1.807, 2.05) is 0 Å². The molecule has 2 heteroatoms. The molecule has 0 aliphatic heterocycles. The van der Waals surface area contributed by atoms with E-state index in [2.05, 4.69) is 13.8 Å². The SMILES string of the molecule is CCC1(CC)CCCC1(N)N. The molecule has 1 fully saturated rings. The number of hydrogen-bond donors (Lipinski definition) is 2. The Balaban J connectivity index is 2.81. The van der Waals surface area contributed by atoms with E-state index in [0.717, 1.165) is 19.3 Å². The first-order valence-electron chi connectivity index (χ1n) is 4.66. The Morgan fingerprint density at radius 3 is 1.82 bits per heavy atom. The second kappa shape index (κ2) is 2.76. The van der Waals surface area contributed by atoms with Crippen LogP contribution in [0.25, 0.3) is 0 Å². The molecule has 0 heterocycles. The molecule has 0 aromatic heterocycles. The number of rotatable bonds is 2. The van der Waals surface area contributed by atoms with Crippen molar-refractivity contribution in [3.63, 3.8) is 0 Å². The van der Waals surface area contributed by atoms with E-state index in [1.54, 1.807) is 0 Å². The van der Waals surface area contributed by atoms with Crippen molar-refractivity contribution in [2.45, 2.75) is 51.6 Å². The number of hydrogen-bond acceptors (Lipinski definition) is 2. The average Bonchev–Trinajstić information content (AvgIpc) is 2.26. The summed E-state index contributed by atoms with van der Waals surface area (Å²) in [6.45, 7) is 4.40.